The molecular weight excluding hydrogens is 235 g/mol. The average molecular weight is 250 g/mol. The third kappa shape index (κ3) is 3.44. The lowest BCUT2D eigenvalue weighted by molar-refractivity contribution is 0.0467. The normalized spacial score (nSPS) is 21.3. The molecule has 90 valence electrons. The zero-order valence-corrected chi connectivity index (χ0v) is 10.9. The minimum Gasteiger partial charge on any atom is -0.299 e. The first kappa shape index (κ1) is 12.4. The number of hydrogen-bond donors (Lipinski definition) is 0. The van der Waals surface area contributed by atoms with Gasteiger partial charge in [-0.2, -0.15) is 0 Å². The Hall–Kier alpha value is -1.07. The Balaban J connectivity index is 2.10. The van der Waals surface area contributed by atoms with Gasteiger partial charge in [-0.3, -0.25) is 9.05 Å². The third-order valence-corrected chi connectivity index (χ3v) is 3.69. The van der Waals surface area contributed by atoms with Gasteiger partial charge in [0.1, 0.15) is 0 Å². The summed E-state index contributed by atoms with van der Waals surface area (Å²) in [5, 5.41) is 0. The van der Waals surface area contributed by atoms with Crippen LogP contribution in [0.1, 0.15) is 19.4 Å². The van der Waals surface area contributed by atoms with Crippen LogP contribution in [-0.4, -0.2) is 13.2 Å². The molecule has 17 heavy (non-hydrogen) atoms. The quantitative estimate of drug-likeness (QED) is 0.523. The Bertz CT molecular complexity index is 482. The molecule has 0 aromatic heterocycles. The van der Waals surface area contributed by atoms with Gasteiger partial charge >= 0.3 is 7.60 Å². The highest BCUT2D eigenvalue weighted by Crippen LogP contribution is 2.52. The fourth-order valence-electron chi connectivity index (χ4n) is 1.32. The van der Waals surface area contributed by atoms with Crippen molar-refractivity contribution >= 4 is 7.60 Å². The van der Waals surface area contributed by atoms with Gasteiger partial charge in [-0.25, -0.2) is 4.57 Å². The van der Waals surface area contributed by atoms with Crippen molar-refractivity contribution in [2.24, 2.45) is 5.41 Å². The van der Waals surface area contributed by atoms with E-state index in [0.717, 1.165) is 5.56 Å². The van der Waals surface area contributed by atoms with Gasteiger partial charge in [0.05, 0.1) is 13.2 Å². The van der Waals surface area contributed by atoms with Crippen molar-refractivity contribution in [2.45, 2.75) is 13.8 Å². The Morgan fingerprint density at radius 3 is 2.35 bits per heavy atom. The molecule has 1 heterocycles. The molecular formula is C13H15O3P. The van der Waals surface area contributed by atoms with Gasteiger partial charge in [-0.15, -0.1) is 0 Å². The molecule has 0 aliphatic carbocycles. The summed E-state index contributed by atoms with van der Waals surface area (Å²) in [6.45, 7) is 4.82. The maximum Gasteiger partial charge on any atom is 0.405 e. The first-order valence-electron chi connectivity index (χ1n) is 5.47. The van der Waals surface area contributed by atoms with E-state index in [1.807, 2.05) is 44.2 Å². The lowest BCUT2D eigenvalue weighted by Crippen LogP contribution is -2.28. The molecule has 1 aliphatic heterocycles. The molecule has 1 aromatic carbocycles. The van der Waals surface area contributed by atoms with Crippen LogP contribution in [0.25, 0.3) is 0 Å². The summed E-state index contributed by atoms with van der Waals surface area (Å²) in [5.74, 6) is 2.82. The summed E-state index contributed by atoms with van der Waals surface area (Å²) in [6.07, 6.45) is 0. The van der Waals surface area contributed by atoms with Crippen molar-refractivity contribution in [3.63, 3.8) is 0 Å². The molecule has 0 atom stereocenters. The summed E-state index contributed by atoms with van der Waals surface area (Å²) >= 11 is 0. The number of benzene rings is 1. The predicted molar refractivity (Wildman–Crippen MR) is 66.6 cm³/mol. The molecule has 0 unspecified atom stereocenters. The van der Waals surface area contributed by atoms with E-state index in [2.05, 4.69) is 11.6 Å². The Kier molecular flexibility index (Phi) is 3.40. The van der Waals surface area contributed by atoms with E-state index >= 15 is 0 Å². The molecule has 1 aromatic rings. The Morgan fingerprint density at radius 1 is 1.18 bits per heavy atom. The third-order valence-electron chi connectivity index (χ3n) is 2.36. The van der Waals surface area contributed by atoms with Gasteiger partial charge in [0.2, 0.25) is 0 Å². The van der Waals surface area contributed by atoms with E-state index in [1.54, 1.807) is 0 Å². The van der Waals surface area contributed by atoms with Crippen LogP contribution in [0, 0.1) is 17.0 Å². The van der Waals surface area contributed by atoms with Gasteiger partial charge in [-0.05, 0) is 12.1 Å². The zero-order valence-electron chi connectivity index (χ0n) is 9.97. The van der Waals surface area contributed by atoms with Crippen molar-refractivity contribution in [1.29, 1.82) is 0 Å². The fourth-order valence-corrected chi connectivity index (χ4v) is 2.83. The van der Waals surface area contributed by atoms with E-state index in [1.165, 1.54) is 0 Å². The average Bonchev–Trinajstić information content (AvgIpc) is 2.33. The van der Waals surface area contributed by atoms with E-state index in [0.29, 0.717) is 13.2 Å². The fraction of sp³-hybridized carbons (Fsp3) is 0.385. The molecule has 2 rings (SSSR count). The maximum atomic E-state index is 12.1. The summed E-state index contributed by atoms with van der Waals surface area (Å²) in [4.78, 5) is 0. The summed E-state index contributed by atoms with van der Waals surface area (Å²) in [6, 6.07) is 9.38. The zero-order chi connectivity index (χ0) is 12.4. The van der Waals surface area contributed by atoms with Crippen molar-refractivity contribution in [3.05, 3.63) is 35.9 Å². The summed E-state index contributed by atoms with van der Waals surface area (Å²) in [7, 11) is -3.22. The lowest BCUT2D eigenvalue weighted by Gasteiger charge is -2.31. The predicted octanol–water partition coefficient (Wildman–Crippen LogP) is 3.26. The number of rotatable bonds is 0. The molecule has 0 amide bonds. The van der Waals surface area contributed by atoms with E-state index in [-0.39, 0.29) is 5.41 Å². The lowest BCUT2D eigenvalue weighted by atomic mass is 9.97. The highest BCUT2D eigenvalue weighted by atomic mass is 31.2. The smallest absolute Gasteiger partial charge is 0.299 e. The molecule has 1 saturated heterocycles. The second-order valence-corrected chi connectivity index (χ2v) is 6.55. The molecule has 0 saturated carbocycles. The second kappa shape index (κ2) is 4.66. The Morgan fingerprint density at radius 2 is 1.76 bits per heavy atom. The Labute approximate surface area is 102 Å². The van der Waals surface area contributed by atoms with E-state index in [9.17, 15) is 4.57 Å². The van der Waals surface area contributed by atoms with Crippen LogP contribution in [-0.2, 0) is 13.6 Å². The monoisotopic (exact) mass is 250 g/mol. The van der Waals surface area contributed by atoms with Gasteiger partial charge in [0.25, 0.3) is 0 Å². The molecule has 0 bridgehead atoms. The highest BCUT2D eigenvalue weighted by Gasteiger charge is 2.35. The topological polar surface area (TPSA) is 35.5 Å². The summed E-state index contributed by atoms with van der Waals surface area (Å²) in [5.41, 5.74) is 3.32. The second-order valence-electron chi connectivity index (χ2n) is 4.81. The van der Waals surface area contributed by atoms with Crippen LogP contribution < -0.4 is 0 Å². The largest absolute Gasteiger partial charge is 0.405 e. The van der Waals surface area contributed by atoms with Crippen molar-refractivity contribution < 1.29 is 13.6 Å². The molecule has 1 aliphatic rings. The molecule has 1 fully saturated rings. The molecule has 0 N–H and O–H groups in total. The molecule has 4 heteroatoms. The van der Waals surface area contributed by atoms with Crippen LogP contribution >= 0.6 is 7.60 Å². The SMILES string of the molecule is CC1(C)COP(=O)(C#Cc2ccccc2)OC1. The van der Waals surface area contributed by atoms with Gasteiger partial charge in [-0.1, -0.05) is 38.0 Å². The first-order valence-corrected chi connectivity index (χ1v) is 7.01. The van der Waals surface area contributed by atoms with Crippen molar-refractivity contribution in [3.8, 4) is 11.6 Å². The minimum absolute atomic E-state index is 0.0949. The number of hydrogen-bond acceptors (Lipinski definition) is 3. The highest BCUT2D eigenvalue weighted by molar-refractivity contribution is 7.59. The van der Waals surface area contributed by atoms with Crippen LogP contribution in [0.4, 0.5) is 0 Å². The molecule has 0 radical (unpaired) electrons. The van der Waals surface area contributed by atoms with Gasteiger partial charge in [0, 0.05) is 16.6 Å². The van der Waals surface area contributed by atoms with Gasteiger partial charge < -0.3 is 0 Å². The first-order chi connectivity index (χ1) is 7.99. The van der Waals surface area contributed by atoms with Crippen LogP contribution in [0.2, 0.25) is 0 Å². The van der Waals surface area contributed by atoms with Crippen LogP contribution in [0.3, 0.4) is 0 Å². The maximum absolute atomic E-state index is 12.1. The minimum atomic E-state index is -3.22. The van der Waals surface area contributed by atoms with Crippen LogP contribution in [0.5, 0.6) is 0 Å². The standard InChI is InChI=1S/C13H15O3P/c1-13(2)10-15-17(14,16-11-13)9-8-12-6-4-3-5-7-12/h3-7H,10-11H2,1-2H3. The van der Waals surface area contributed by atoms with Crippen molar-refractivity contribution in [2.75, 3.05) is 13.2 Å². The van der Waals surface area contributed by atoms with E-state index < -0.39 is 7.60 Å². The molecule has 0 spiro atoms. The van der Waals surface area contributed by atoms with Crippen molar-refractivity contribution in [1.82, 2.24) is 0 Å². The molecule has 3 nitrogen and oxygen atoms in total. The van der Waals surface area contributed by atoms with Gasteiger partial charge in [0.15, 0.2) is 0 Å². The summed E-state index contributed by atoms with van der Waals surface area (Å²) < 4.78 is 22.6. The van der Waals surface area contributed by atoms with E-state index in [4.69, 9.17) is 9.05 Å². The van der Waals surface area contributed by atoms with Crippen LogP contribution in [0.15, 0.2) is 30.3 Å².